The number of benzene rings is 3. The van der Waals surface area contributed by atoms with Crippen LogP contribution in [0.25, 0.3) is 78.9 Å². The first kappa shape index (κ1) is 21.6. The standard InChI is InChI=1S/C28H14N8.Cu/c1-3-9-17-15(7-1)23-30-21-13-14-22(29-21)31-24-16-8-2-4-10-18(16)26(33-24)35-28-20-12-6-5-11-19(20)27(36-28)34-25(17)32-23;/h1-14H;/q-2;+2. The molecule has 8 nitrogen and oxygen atoms in total. The number of hydrogen-bond donors (Lipinski definition) is 0. The van der Waals surface area contributed by atoms with Crippen molar-refractivity contribution in [2.75, 3.05) is 0 Å². The molecule has 2 aliphatic heterocycles. The van der Waals surface area contributed by atoms with E-state index >= 15 is 0 Å². The number of rotatable bonds is 0. The van der Waals surface area contributed by atoms with Crippen molar-refractivity contribution in [2.24, 2.45) is 0 Å². The first-order valence-electron chi connectivity index (χ1n) is 11.5. The molecule has 8 bridgehead atoms. The van der Waals surface area contributed by atoms with Gasteiger partial charge in [0, 0.05) is 44.8 Å². The van der Waals surface area contributed by atoms with Crippen molar-refractivity contribution in [3.05, 3.63) is 84.9 Å². The molecule has 1 radical (unpaired) electrons. The van der Waals surface area contributed by atoms with Gasteiger partial charge in [0.15, 0.2) is 0 Å². The van der Waals surface area contributed by atoms with E-state index in [1.165, 1.54) is 0 Å². The van der Waals surface area contributed by atoms with Gasteiger partial charge in [-0.15, -0.1) is 0 Å². The first-order valence-corrected chi connectivity index (χ1v) is 11.5. The second-order valence-electron chi connectivity index (χ2n) is 8.52. The monoisotopic (exact) mass is 525 g/mol. The molecule has 0 aliphatic carbocycles. The molecule has 177 valence electrons. The van der Waals surface area contributed by atoms with E-state index in [0.29, 0.717) is 45.9 Å². The number of aromatic nitrogens is 8. The zero-order chi connectivity index (χ0) is 23.6. The summed E-state index contributed by atoms with van der Waals surface area (Å²) in [5, 5.41) is 1.79. The molecule has 0 atom stereocenters. The fourth-order valence-electron chi connectivity index (χ4n) is 4.68. The van der Waals surface area contributed by atoms with E-state index in [4.69, 9.17) is 34.9 Å². The Morgan fingerprint density at radius 3 is 1.19 bits per heavy atom. The molecule has 6 aromatic rings. The predicted molar refractivity (Wildman–Crippen MR) is 136 cm³/mol. The molecule has 5 heterocycles. The number of hydrogen-bond acceptors (Lipinski definition) is 6. The Morgan fingerprint density at radius 1 is 0.378 bits per heavy atom. The molecule has 37 heavy (non-hydrogen) atoms. The maximum absolute atomic E-state index is 4.89. The van der Waals surface area contributed by atoms with Crippen molar-refractivity contribution < 1.29 is 17.1 Å². The van der Waals surface area contributed by atoms with E-state index in [2.05, 4.69) is 4.98 Å². The molecule has 0 spiro atoms. The van der Waals surface area contributed by atoms with Crippen molar-refractivity contribution in [3.63, 3.8) is 0 Å². The summed E-state index contributed by atoms with van der Waals surface area (Å²) >= 11 is 0. The average molecular weight is 526 g/mol. The zero-order valence-electron chi connectivity index (χ0n) is 19.0. The van der Waals surface area contributed by atoms with Crippen LogP contribution in [0.3, 0.4) is 0 Å². The van der Waals surface area contributed by atoms with Gasteiger partial charge in [-0.05, 0) is 22.9 Å². The Labute approximate surface area is 220 Å². The fraction of sp³-hybridized carbons (Fsp3) is 0. The Kier molecular flexibility index (Phi) is 4.75. The van der Waals surface area contributed by atoms with Crippen LogP contribution < -0.4 is 9.97 Å². The fourth-order valence-corrected chi connectivity index (χ4v) is 4.68. The van der Waals surface area contributed by atoms with Crippen molar-refractivity contribution in [1.29, 1.82) is 0 Å². The van der Waals surface area contributed by atoms with Crippen LogP contribution in [-0.2, 0) is 17.1 Å². The van der Waals surface area contributed by atoms with Crippen LogP contribution in [0.5, 0.6) is 0 Å². The summed E-state index contributed by atoms with van der Waals surface area (Å²) in [7, 11) is 0. The van der Waals surface area contributed by atoms with Gasteiger partial charge >= 0.3 is 17.1 Å². The van der Waals surface area contributed by atoms with Gasteiger partial charge in [0.2, 0.25) is 0 Å². The second kappa shape index (κ2) is 8.16. The van der Waals surface area contributed by atoms with Gasteiger partial charge in [-0.3, -0.25) is 0 Å². The third-order valence-electron chi connectivity index (χ3n) is 6.34. The van der Waals surface area contributed by atoms with Gasteiger partial charge in [0.1, 0.15) is 0 Å². The number of nitrogens with zero attached hydrogens (tertiary/aromatic N) is 8. The molecular weight excluding hydrogens is 512 g/mol. The van der Waals surface area contributed by atoms with Gasteiger partial charge in [-0.2, -0.15) is 0 Å². The van der Waals surface area contributed by atoms with E-state index in [9.17, 15) is 0 Å². The van der Waals surface area contributed by atoms with Gasteiger partial charge in [-0.25, -0.2) is 9.97 Å². The maximum Gasteiger partial charge on any atom is 2.00 e. The van der Waals surface area contributed by atoms with Crippen LogP contribution >= 0.6 is 0 Å². The summed E-state index contributed by atoms with van der Waals surface area (Å²) in [4.78, 5) is 38.2. The topological polar surface area (TPSA) is 106 Å². The minimum absolute atomic E-state index is 0. The van der Waals surface area contributed by atoms with Crippen molar-refractivity contribution in [3.8, 4) is 45.6 Å². The van der Waals surface area contributed by atoms with Crippen LogP contribution in [0.1, 0.15) is 0 Å². The molecule has 2 aliphatic rings. The van der Waals surface area contributed by atoms with Crippen molar-refractivity contribution in [1.82, 2.24) is 39.9 Å². The molecule has 9 heteroatoms. The quantitative estimate of drug-likeness (QED) is 0.255. The zero-order valence-corrected chi connectivity index (χ0v) is 19.9. The third kappa shape index (κ3) is 3.36. The molecule has 0 saturated carbocycles. The van der Waals surface area contributed by atoms with Gasteiger partial charge in [-0.1, -0.05) is 72.8 Å². The van der Waals surface area contributed by atoms with E-state index in [1.807, 2.05) is 84.9 Å². The summed E-state index contributed by atoms with van der Waals surface area (Å²) in [6, 6.07) is 27.4. The molecule has 0 saturated heterocycles. The largest absolute Gasteiger partial charge is 2.00 e. The molecule has 0 N–H and O–H groups in total. The van der Waals surface area contributed by atoms with E-state index in [0.717, 1.165) is 33.0 Å². The van der Waals surface area contributed by atoms with Crippen molar-refractivity contribution >= 4 is 33.4 Å². The SMILES string of the molecule is [Cu+2].c1ccc2c(c1)-c1nc-2nc2[n-]c(nc3nc(nc4ccc(n1)[n-]4)-c1ccccc1-3)c1ccccc21. The van der Waals surface area contributed by atoms with Crippen LogP contribution in [0.4, 0.5) is 0 Å². The van der Waals surface area contributed by atoms with E-state index in [-0.39, 0.29) is 17.1 Å². The summed E-state index contributed by atoms with van der Waals surface area (Å²) in [6.45, 7) is 0. The van der Waals surface area contributed by atoms with E-state index in [1.54, 1.807) is 0 Å². The summed E-state index contributed by atoms with van der Waals surface area (Å²) in [5.41, 5.74) is 5.75. The number of fused-ring (bicyclic) bond motifs is 17. The minimum atomic E-state index is 0. The summed E-state index contributed by atoms with van der Waals surface area (Å²) < 4.78 is 0. The molecule has 3 aromatic carbocycles. The molecule has 0 unspecified atom stereocenters. The van der Waals surface area contributed by atoms with Crippen molar-refractivity contribution in [2.45, 2.75) is 0 Å². The Balaban J connectivity index is 0.00000231. The normalized spacial score (nSPS) is 11.6. The van der Waals surface area contributed by atoms with Gasteiger partial charge in [0.25, 0.3) is 0 Å². The Bertz CT molecular complexity index is 1880. The maximum atomic E-state index is 4.89. The molecule has 8 rings (SSSR count). The van der Waals surface area contributed by atoms with Crippen LogP contribution in [0.15, 0.2) is 84.9 Å². The van der Waals surface area contributed by atoms with Gasteiger partial charge in [0.05, 0.1) is 23.3 Å². The smallest absolute Gasteiger partial charge is 0.358 e. The molecular formula is C28H14CuN8. The third-order valence-corrected chi connectivity index (χ3v) is 6.34. The molecule has 0 fully saturated rings. The molecule has 3 aromatic heterocycles. The summed E-state index contributed by atoms with van der Waals surface area (Å²) in [5.74, 6) is 2.23. The predicted octanol–water partition coefficient (Wildman–Crippen LogP) is 4.97. The van der Waals surface area contributed by atoms with Gasteiger partial charge < -0.3 is 29.9 Å². The van der Waals surface area contributed by atoms with Crippen LogP contribution in [0, 0.1) is 0 Å². The van der Waals surface area contributed by atoms with E-state index < -0.39 is 0 Å². The Hall–Kier alpha value is -4.72. The first-order chi connectivity index (χ1) is 17.8. The van der Waals surface area contributed by atoms with Crippen LogP contribution in [-0.4, -0.2) is 29.9 Å². The molecule has 0 amide bonds. The minimum Gasteiger partial charge on any atom is -0.358 e. The Morgan fingerprint density at radius 2 is 0.757 bits per heavy atom. The second-order valence-corrected chi connectivity index (χ2v) is 8.52. The average Bonchev–Trinajstić information content (AvgIpc) is 3.67. The summed E-state index contributed by atoms with van der Waals surface area (Å²) in [6.07, 6.45) is 0. The van der Waals surface area contributed by atoms with Crippen LogP contribution in [0.2, 0.25) is 0 Å².